The van der Waals surface area contributed by atoms with E-state index in [-0.39, 0.29) is 30.1 Å². The second-order valence-electron chi connectivity index (χ2n) is 7.96. The first kappa shape index (κ1) is 21.0. The monoisotopic (exact) mass is 400 g/mol. The number of hydrogen-bond acceptors (Lipinski definition) is 2. The normalized spacial score (nSPS) is 18.9. The van der Waals surface area contributed by atoms with Crippen LogP contribution in [0.1, 0.15) is 42.1 Å². The van der Waals surface area contributed by atoms with E-state index in [2.05, 4.69) is 19.2 Å². The number of amides is 2. The number of halogens is 2. The van der Waals surface area contributed by atoms with Gasteiger partial charge in [0.15, 0.2) is 0 Å². The number of hydrogen-bond donors (Lipinski definition) is 1. The molecule has 2 aromatic carbocycles. The molecule has 1 aliphatic rings. The summed E-state index contributed by atoms with van der Waals surface area (Å²) in [5.41, 5.74) is 1.20. The molecule has 0 bridgehead atoms. The first-order valence-corrected chi connectivity index (χ1v) is 9.93. The number of benzene rings is 2. The van der Waals surface area contributed by atoms with E-state index in [0.29, 0.717) is 24.6 Å². The smallest absolute Gasteiger partial charge is 0.253 e. The molecule has 0 spiro atoms. The fourth-order valence-electron chi connectivity index (χ4n) is 3.67. The molecule has 0 radical (unpaired) electrons. The summed E-state index contributed by atoms with van der Waals surface area (Å²) in [6.07, 6.45) is 0.873. The van der Waals surface area contributed by atoms with Crippen molar-refractivity contribution in [3.8, 4) is 0 Å². The molecule has 2 unspecified atom stereocenters. The minimum Gasteiger partial charge on any atom is -0.356 e. The highest BCUT2D eigenvalue weighted by Gasteiger charge is 2.40. The zero-order chi connectivity index (χ0) is 21.0. The number of likely N-dealkylation sites (tertiary alicyclic amines) is 1. The van der Waals surface area contributed by atoms with E-state index in [1.165, 1.54) is 36.4 Å². The van der Waals surface area contributed by atoms with Gasteiger partial charge in [-0.1, -0.05) is 26.0 Å². The predicted octanol–water partition coefficient (Wildman–Crippen LogP) is 3.98. The van der Waals surface area contributed by atoms with E-state index in [1.54, 1.807) is 17.0 Å². The Morgan fingerprint density at radius 2 is 1.59 bits per heavy atom. The molecule has 2 atom stereocenters. The molecule has 4 nitrogen and oxygen atoms in total. The average molecular weight is 400 g/mol. The largest absolute Gasteiger partial charge is 0.356 e. The van der Waals surface area contributed by atoms with Gasteiger partial charge in [-0.3, -0.25) is 9.59 Å². The summed E-state index contributed by atoms with van der Waals surface area (Å²) in [6.45, 7) is 5.38. The van der Waals surface area contributed by atoms with Gasteiger partial charge in [0.05, 0.1) is 5.92 Å². The summed E-state index contributed by atoms with van der Waals surface area (Å²) in [5.74, 6) is -1.26. The van der Waals surface area contributed by atoms with E-state index in [1.807, 2.05) is 0 Å². The maximum Gasteiger partial charge on any atom is 0.253 e. The van der Waals surface area contributed by atoms with Crippen LogP contribution >= 0.6 is 0 Å². The zero-order valence-corrected chi connectivity index (χ0v) is 16.7. The van der Waals surface area contributed by atoms with Gasteiger partial charge in [0.25, 0.3) is 5.91 Å². The Bertz CT molecular complexity index is 850. The highest BCUT2D eigenvalue weighted by molar-refractivity contribution is 5.95. The van der Waals surface area contributed by atoms with Crippen LogP contribution < -0.4 is 5.32 Å². The Hall–Kier alpha value is -2.76. The van der Waals surface area contributed by atoms with Crippen LogP contribution in [0, 0.1) is 23.5 Å². The lowest BCUT2D eigenvalue weighted by Crippen LogP contribution is -2.36. The van der Waals surface area contributed by atoms with E-state index < -0.39 is 11.7 Å². The SMILES string of the molecule is CC(C)CCNC(=O)C1CN(C(=O)c2ccc(F)cc2)CC1c1ccc(F)cc1. The van der Waals surface area contributed by atoms with Gasteiger partial charge >= 0.3 is 0 Å². The summed E-state index contributed by atoms with van der Waals surface area (Å²) in [5, 5.41) is 2.97. The van der Waals surface area contributed by atoms with Gasteiger partial charge < -0.3 is 10.2 Å². The quantitative estimate of drug-likeness (QED) is 0.797. The fraction of sp³-hybridized carbons (Fsp3) is 0.391. The van der Waals surface area contributed by atoms with E-state index in [9.17, 15) is 18.4 Å². The fourth-order valence-corrected chi connectivity index (χ4v) is 3.67. The van der Waals surface area contributed by atoms with Crippen molar-refractivity contribution in [2.75, 3.05) is 19.6 Å². The second-order valence-corrected chi connectivity index (χ2v) is 7.96. The van der Waals surface area contributed by atoms with Crippen LogP contribution in [-0.2, 0) is 4.79 Å². The molecule has 1 fully saturated rings. The van der Waals surface area contributed by atoms with Gasteiger partial charge in [-0.2, -0.15) is 0 Å². The lowest BCUT2D eigenvalue weighted by molar-refractivity contribution is -0.124. The molecular weight excluding hydrogens is 374 g/mol. The summed E-state index contributed by atoms with van der Waals surface area (Å²) in [6, 6.07) is 11.5. The van der Waals surface area contributed by atoms with Crippen LogP contribution in [0.4, 0.5) is 8.78 Å². The minimum atomic E-state index is -0.419. The van der Waals surface area contributed by atoms with Crippen LogP contribution in [0.3, 0.4) is 0 Å². The summed E-state index contributed by atoms with van der Waals surface area (Å²) in [4.78, 5) is 27.3. The van der Waals surface area contributed by atoms with Crippen molar-refractivity contribution in [2.24, 2.45) is 11.8 Å². The van der Waals surface area contributed by atoms with E-state index in [4.69, 9.17) is 0 Å². The summed E-state index contributed by atoms with van der Waals surface area (Å²) < 4.78 is 26.5. The van der Waals surface area contributed by atoms with Crippen molar-refractivity contribution in [3.63, 3.8) is 0 Å². The van der Waals surface area contributed by atoms with Crippen LogP contribution in [0.2, 0.25) is 0 Å². The van der Waals surface area contributed by atoms with Gasteiger partial charge in [0.1, 0.15) is 11.6 Å². The minimum absolute atomic E-state index is 0.102. The summed E-state index contributed by atoms with van der Waals surface area (Å²) >= 11 is 0. The number of carbonyl (C=O) groups is 2. The Morgan fingerprint density at radius 3 is 2.17 bits per heavy atom. The number of nitrogens with one attached hydrogen (secondary N) is 1. The molecule has 6 heteroatoms. The van der Waals surface area contributed by atoms with Crippen LogP contribution in [0.5, 0.6) is 0 Å². The molecule has 1 N–H and O–H groups in total. The van der Waals surface area contributed by atoms with Gasteiger partial charge in [-0.25, -0.2) is 8.78 Å². The van der Waals surface area contributed by atoms with Crippen molar-refractivity contribution in [2.45, 2.75) is 26.2 Å². The Labute approximate surface area is 169 Å². The molecule has 0 aromatic heterocycles. The lowest BCUT2D eigenvalue weighted by atomic mass is 9.88. The first-order chi connectivity index (χ1) is 13.8. The van der Waals surface area contributed by atoms with Gasteiger partial charge in [0.2, 0.25) is 5.91 Å². The third kappa shape index (κ3) is 5.19. The van der Waals surface area contributed by atoms with Gasteiger partial charge in [-0.15, -0.1) is 0 Å². The molecule has 0 aliphatic carbocycles. The first-order valence-electron chi connectivity index (χ1n) is 9.93. The highest BCUT2D eigenvalue weighted by Crippen LogP contribution is 2.34. The molecule has 1 heterocycles. The van der Waals surface area contributed by atoms with E-state index in [0.717, 1.165) is 12.0 Å². The molecule has 3 rings (SSSR count). The van der Waals surface area contributed by atoms with Gasteiger partial charge in [-0.05, 0) is 54.3 Å². The van der Waals surface area contributed by atoms with Crippen molar-refractivity contribution in [3.05, 3.63) is 71.3 Å². The standard InChI is InChI=1S/C23H26F2N2O2/c1-15(2)11-12-26-22(28)21-14-27(23(29)17-5-9-19(25)10-6-17)13-20(21)16-3-7-18(24)8-4-16/h3-10,15,20-21H,11-14H2,1-2H3,(H,26,28). The maximum atomic E-state index is 13.4. The van der Waals surface area contributed by atoms with E-state index >= 15 is 0 Å². The van der Waals surface area contributed by atoms with Crippen molar-refractivity contribution in [1.82, 2.24) is 10.2 Å². The Balaban J connectivity index is 1.79. The lowest BCUT2D eigenvalue weighted by Gasteiger charge is -2.18. The maximum absolute atomic E-state index is 13.4. The number of nitrogens with zero attached hydrogens (tertiary/aromatic N) is 1. The van der Waals surface area contributed by atoms with Crippen LogP contribution in [0.15, 0.2) is 48.5 Å². The molecular formula is C23H26F2N2O2. The molecule has 1 aliphatic heterocycles. The predicted molar refractivity (Wildman–Crippen MR) is 107 cm³/mol. The Kier molecular flexibility index (Phi) is 6.62. The Morgan fingerprint density at radius 1 is 1.00 bits per heavy atom. The molecule has 154 valence electrons. The van der Waals surface area contributed by atoms with Crippen molar-refractivity contribution in [1.29, 1.82) is 0 Å². The number of rotatable bonds is 6. The van der Waals surface area contributed by atoms with Gasteiger partial charge in [0, 0.05) is 31.1 Å². The molecule has 0 saturated carbocycles. The van der Waals surface area contributed by atoms with Crippen molar-refractivity contribution < 1.29 is 18.4 Å². The topological polar surface area (TPSA) is 49.4 Å². The molecule has 2 amide bonds. The van der Waals surface area contributed by atoms with Crippen LogP contribution in [-0.4, -0.2) is 36.3 Å². The summed E-state index contributed by atoms with van der Waals surface area (Å²) in [7, 11) is 0. The molecule has 29 heavy (non-hydrogen) atoms. The van der Waals surface area contributed by atoms with Crippen LogP contribution in [0.25, 0.3) is 0 Å². The molecule has 1 saturated heterocycles. The van der Waals surface area contributed by atoms with Crippen molar-refractivity contribution >= 4 is 11.8 Å². The highest BCUT2D eigenvalue weighted by atomic mass is 19.1. The number of carbonyl (C=O) groups excluding carboxylic acids is 2. The zero-order valence-electron chi connectivity index (χ0n) is 16.7. The average Bonchev–Trinajstić information content (AvgIpc) is 3.14. The molecule has 2 aromatic rings. The third-order valence-corrected chi connectivity index (χ3v) is 5.35. The third-order valence-electron chi connectivity index (χ3n) is 5.35. The second kappa shape index (κ2) is 9.16.